The maximum Gasteiger partial charge on any atom is 0.434 e. The molecule has 0 N–H and O–H groups in total. The fourth-order valence-electron chi connectivity index (χ4n) is 2.90. The number of hydroxylamine groups is 2. The monoisotopic (exact) mass is 363 g/mol. The van der Waals surface area contributed by atoms with E-state index in [1.807, 2.05) is 30.3 Å². The second kappa shape index (κ2) is 7.21. The van der Waals surface area contributed by atoms with Crippen LogP contribution in [0, 0.1) is 0 Å². The Labute approximate surface area is 150 Å². The summed E-state index contributed by atoms with van der Waals surface area (Å²) in [4.78, 5) is 17.9. The highest BCUT2D eigenvalue weighted by Gasteiger charge is 2.36. The molecule has 1 aliphatic heterocycles. The molecule has 132 valence electrons. The zero-order valence-corrected chi connectivity index (χ0v) is 14.9. The molecule has 6 nitrogen and oxygen atoms in total. The Balaban J connectivity index is 2.20. The Hall–Kier alpha value is -2.44. The summed E-state index contributed by atoms with van der Waals surface area (Å²) in [6.07, 6.45) is -0.606. The van der Waals surface area contributed by atoms with Crippen molar-refractivity contribution in [3.05, 3.63) is 58.1 Å². The molecule has 1 atom stereocenters. The largest absolute Gasteiger partial charge is 0.493 e. The highest BCUT2D eigenvalue weighted by molar-refractivity contribution is 6.31. The van der Waals surface area contributed by atoms with Gasteiger partial charge in [-0.3, -0.25) is 4.84 Å². The molecule has 25 heavy (non-hydrogen) atoms. The number of ether oxygens (including phenoxy) is 3. The lowest BCUT2D eigenvalue weighted by Crippen LogP contribution is -2.39. The Morgan fingerprint density at radius 3 is 2.44 bits per heavy atom. The van der Waals surface area contributed by atoms with Gasteiger partial charge in [0.25, 0.3) is 0 Å². The number of carbonyl (C=O) groups excluding carboxylic acids is 1. The standard InChI is InChI=1S/C18H18ClNO5/c1-22-15-8-11-10-25-20(18(21)24-3)17(13(11)9-16(15)23-2)12-6-4-5-7-14(12)19/h4-9,17H,10H2,1-3H3. The molecule has 0 aliphatic carbocycles. The highest BCUT2D eigenvalue weighted by atomic mass is 35.5. The van der Waals surface area contributed by atoms with Crippen LogP contribution in [0.15, 0.2) is 36.4 Å². The fourth-order valence-corrected chi connectivity index (χ4v) is 3.13. The number of benzene rings is 2. The van der Waals surface area contributed by atoms with Crippen molar-refractivity contribution < 1.29 is 23.8 Å². The third-order valence-corrected chi connectivity index (χ3v) is 4.43. The second-order valence-electron chi connectivity index (χ2n) is 5.40. The first kappa shape index (κ1) is 17.4. The van der Waals surface area contributed by atoms with Crippen LogP contribution >= 0.6 is 11.6 Å². The summed E-state index contributed by atoms with van der Waals surface area (Å²) < 4.78 is 15.6. The van der Waals surface area contributed by atoms with E-state index in [9.17, 15) is 4.79 Å². The zero-order valence-electron chi connectivity index (χ0n) is 14.1. The number of methoxy groups -OCH3 is 3. The minimum atomic E-state index is -0.606. The average molecular weight is 364 g/mol. The van der Waals surface area contributed by atoms with E-state index in [2.05, 4.69) is 0 Å². The number of carbonyl (C=O) groups is 1. The van der Waals surface area contributed by atoms with Crippen molar-refractivity contribution in [1.82, 2.24) is 5.06 Å². The van der Waals surface area contributed by atoms with Crippen LogP contribution in [0.5, 0.6) is 11.5 Å². The molecule has 0 spiro atoms. The Morgan fingerprint density at radius 1 is 1.12 bits per heavy atom. The topological polar surface area (TPSA) is 57.2 Å². The van der Waals surface area contributed by atoms with Crippen LogP contribution < -0.4 is 9.47 Å². The number of fused-ring (bicyclic) bond motifs is 1. The molecule has 0 bridgehead atoms. The number of rotatable bonds is 3. The molecule has 1 amide bonds. The summed E-state index contributed by atoms with van der Waals surface area (Å²) in [5, 5.41) is 1.71. The lowest BCUT2D eigenvalue weighted by atomic mass is 9.92. The third-order valence-electron chi connectivity index (χ3n) is 4.09. The number of halogens is 1. The molecule has 2 aromatic carbocycles. The van der Waals surface area contributed by atoms with Gasteiger partial charge in [0.1, 0.15) is 12.6 Å². The molecule has 0 saturated heterocycles. The Morgan fingerprint density at radius 2 is 1.80 bits per heavy atom. The first-order valence-electron chi connectivity index (χ1n) is 7.60. The molecular weight excluding hydrogens is 346 g/mol. The SMILES string of the molecule is COC(=O)N1OCc2cc(OC)c(OC)cc2C1c1ccccc1Cl. The van der Waals surface area contributed by atoms with Gasteiger partial charge in [0, 0.05) is 10.6 Å². The van der Waals surface area contributed by atoms with E-state index in [4.69, 9.17) is 30.6 Å². The quantitative estimate of drug-likeness (QED) is 0.826. The molecule has 2 aromatic rings. The van der Waals surface area contributed by atoms with E-state index in [1.54, 1.807) is 20.3 Å². The summed E-state index contributed by atoms with van der Waals surface area (Å²) in [7, 11) is 4.44. The lowest BCUT2D eigenvalue weighted by molar-refractivity contribution is -0.173. The molecule has 1 aliphatic rings. The fraction of sp³-hybridized carbons (Fsp3) is 0.278. The molecule has 1 unspecified atom stereocenters. The highest BCUT2D eigenvalue weighted by Crippen LogP contribution is 2.43. The first-order chi connectivity index (χ1) is 12.1. The van der Waals surface area contributed by atoms with Crippen LogP contribution in [0.2, 0.25) is 5.02 Å². The molecule has 3 rings (SSSR count). The zero-order chi connectivity index (χ0) is 18.0. The van der Waals surface area contributed by atoms with Crippen molar-refractivity contribution >= 4 is 17.7 Å². The third kappa shape index (κ3) is 3.10. The van der Waals surface area contributed by atoms with Crippen LogP contribution in [0.4, 0.5) is 4.79 Å². The van der Waals surface area contributed by atoms with Crippen molar-refractivity contribution in [2.45, 2.75) is 12.6 Å². The Kier molecular flexibility index (Phi) is 5.01. The average Bonchev–Trinajstić information content (AvgIpc) is 2.65. The van der Waals surface area contributed by atoms with Crippen LogP contribution in [0.25, 0.3) is 0 Å². The van der Waals surface area contributed by atoms with Gasteiger partial charge < -0.3 is 14.2 Å². The first-order valence-corrected chi connectivity index (χ1v) is 7.97. The van der Waals surface area contributed by atoms with E-state index in [0.29, 0.717) is 16.5 Å². The minimum absolute atomic E-state index is 0.200. The predicted octanol–water partition coefficient (Wildman–Crippen LogP) is 3.96. The summed E-state index contributed by atoms with van der Waals surface area (Å²) >= 11 is 6.38. The van der Waals surface area contributed by atoms with Gasteiger partial charge in [-0.25, -0.2) is 4.79 Å². The summed E-state index contributed by atoms with van der Waals surface area (Å²) in [5.74, 6) is 1.15. The van der Waals surface area contributed by atoms with Crippen LogP contribution in [0.3, 0.4) is 0 Å². The van der Waals surface area contributed by atoms with E-state index in [0.717, 1.165) is 16.7 Å². The van der Waals surface area contributed by atoms with Crippen LogP contribution in [-0.2, 0) is 16.2 Å². The summed E-state index contributed by atoms with van der Waals surface area (Å²) in [5.41, 5.74) is 2.44. The van der Waals surface area contributed by atoms with Gasteiger partial charge in [0.05, 0.1) is 21.3 Å². The van der Waals surface area contributed by atoms with E-state index in [-0.39, 0.29) is 6.61 Å². The molecule has 0 fully saturated rings. The Bertz CT molecular complexity index is 795. The molecule has 0 saturated carbocycles. The number of hydrogen-bond donors (Lipinski definition) is 0. The van der Waals surface area contributed by atoms with Gasteiger partial charge in [-0.2, -0.15) is 5.06 Å². The van der Waals surface area contributed by atoms with Gasteiger partial charge in [-0.05, 0) is 29.3 Å². The maximum atomic E-state index is 12.2. The van der Waals surface area contributed by atoms with Crippen LogP contribution in [-0.4, -0.2) is 32.5 Å². The number of hydrogen-bond acceptors (Lipinski definition) is 5. The summed E-state index contributed by atoms with van der Waals surface area (Å²) in [6.45, 7) is 0.200. The van der Waals surface area contributed by atoms with Gasteiger partial charge >= 0.3 is 6.09 Å². The van der Waals surface area contributed by atoms with Gasteiger partial charge in [-0.15, -0.1) is 0 Å². The van der Waals surface area contributed by atoms with Gasteiger partial charge in [0.15, 0.2) is 11.5 Å². The summed E-state index contributed by atoms with van der Waals surface area (Å²) in [6, 6.07) is 10.4. The minimum Gasteiger partial charge on any atom is -0.493 e. The molecular formula is C18H18ClNO5. The lowest BCUT2D eigenvalue weighted by Gasteiger charge is -2.36. The molecule has 1 heterocycles. The number of nitrogens with zero attached hydrogens (tertiary/aromatic N) is 1. The maximum absolute atomic E-state index is 12.2. The van der Waals surface area contributed by atoms with E-state index < -0.39 is 12.1 Å². The molecule has 7 heteroatoms. The molecule has 0 aromatic heterocycles. The van der Waals surface area contributed by atoms with Crippen molar-refractivity contribution in [3.63, 3.8) is 0 Å². The van der Waals surface area contributed by atoms with Gasteiger partial charge in [0.2, 0.25) is 0 Å². The van der Waals surface area contributed by atoms with Crippen LogP contribution in [0.1, 0.15) is 22.7 Å². The van der Waals surface area contributed by atoms with E-state index >= 15 is 0 Å². The number of amides is 1. The van der Waals surface area contributed by atoms with Crippen molar-refractivity contribution in [1.29, 1.82) is 0 Å². The second-order valence-corrected chi connectivity index (χ2v) is 5.81. The van der Waals surface area contributed by atoms with Crippen molar-refractivity contribution in [2.75, 3.05) is 21.3 Å². The molecule has 0 radical (unpaired) electrons. The van der Waals surface area contributed by atoms with Crippen molar-refractivity contribution in [2.24, 2.45) is 0 Å². The van der Waals surface area contributed by atoms with Crippen molar-refractivity contribution in [3.8, 4) is 11.5 Å². The smallest absolute Gasteiger partial charge is 0.434 e. The normalized spacial score (nSPS) is 16.2. The van der Waals surface area contributed by atoms with E-state index in [1.165, 1.54) is 12.2 Å². The van der Waals surface area contributed by atoms with Gasteiger partial charge in [-0.1, -0.05) is 29.8 Å². The predicted molar refractivity (Wildman–Crippen MR) is 91.9 cm³/mol.